The van der Waals surface area contributed by atoms with Crippen LogP contribution in [0.25, 0.3) is 0 Å². The van der Waals surface area contributed by atoms with E-state index in [0.29, 0.717) is 0 Å². The molecule has 0 radical (unpaired) electrons. The summed E-state index contributed by atoms with van der Waals surface area (Å²) in [6.45, 7) is 7.25. The Labute approximate surface area is 122 Å². The fourth-order valence-electron chi connectivity index (χ4n) is 1.62. The number of nitrogens with zero attached hydrogens (tertiary/aromatic N) is 2. The minimum atomic E-state index is 0.0420. The molecule has 0 saturated carbocycles. The quantitative estimate of drug-likeness (QED) is 0.848. The molecule has 1 heterocycles. The van der Waals surface area contributed by atoms with Crippen molar-refractivity contribution in [3.63, 3.8) is 0 Å². The molecule has 0 amide bonds. The molecule has 1 N–H and O–H groups in total. The summed E-state index contributed by atoms with van der Waals surface area (Å²) in [4.78, 5) is 0. The van der Waals surface area contributed by atoms with E-state index in [0.717, 1.165) is 12.2 Å². The highest BCUT2D eigenvalue weighted by atomic mass is 127. The molecule has 2 aromatic rings. The highest BCUT2D eigenvalue weighted by Gasteiger charge is 2.13. The van der Waals surface area contributed by atoms with E-state index < -0.39 is 0 Å². The maximum atomic E-state index is 4.39. The van der Waals surface area contributed by atoms with E-state index in [-0.39, 0.29) is 5.54 Å². The molecule has 18 heavy (non-hydrogen) atoms. The lowest BCUT2D eigenvalue weighted by Crippen LogP contribution is -2.21. The summed E-state index contributed by atoms with van der Waals surface area (Å²) in [7, 11) is 0. The highest BCUT2D eigenvalue weighted by Crippen LogP contribution is 2.16. The minimum absolute atomic E-state index is 0.0420. The van der Waals surface area contributed by atoms with Crippen LogP contribution < -0.4 is 5.32 Å². The van der Waals surface area contributed by atoms with E-state index in [1.807, 2.05) is 10.9 Å². The lowest BCUT2D eigenvalue weighted by atomic mass is 10.1. The molecule has 2 rings (SSSR count). The van der Waals surface area contributed by atoms with Crippen LogP contribution in [0.15, 0.2) is 36.7 Å². The zero-order valence-corrected chi connectivity index (χ0v) is 13.1. The Bertz CT molecular complexity index is 526. The van der Waals surface area contributed by atoms with Crippen LogP contribution in [0.5, 0.6) is 0 Å². The molecule has 4 heteroatoms. The van der Waals surface area contributed by atoms with Crippen LogP contribution in [-0.2, 0) is 12.1 Å². The van der Waals surface area contributed by atoms with Crippen molar-refractivity contribution in [3.8, 4) is 0 Å². The van der Waals surface area contributed by atoms with Crippen LogP contribution in [0.2, 0.25) is 0 Å². The molecule has 0 fully saturated rings. The van der Waals surface area contributed by atoms with Gasteiger partial charge in [0, 0.05) is 27.6 Å². The zero-order valence-electron chi connectivity index (χ0n) is 10.9. The van der Waals surface area contributed by atoms with E-state index in [2.05, 4.69) is 84.2 Å². The third-order valence-corrected chi connectivity index (χ3v) is 3.32. The first-order chi connectivity index (χ1) is 8.45. The first-order valence-corrected chi connectivity index (χ1v) is 7.06. The number of rotatable bonds is 3. The van der Waals surface area contributed by atoms with E-state index in [1.54, 1.807) is 0 Å². The molecule has 0 aliphatic carbocycles. The average molecular weight is 355 g/mol. The zero-order chi connectivity index (χ0) is 13.2. The first kappa shape index (κ1) is 13.4. The van der Waals surface area contributed by atoms with Gasteiger partial charge >= 0.3 is 0 Å². The topological polar surface area (TPSA) is 29.9 Å². The fraction of sp³-hybridized carbons (Fsp3) is 0.357. The number of benzene rings is 1. The fourth-order valence-corrected chi connectivity index (χ4v) is 2.16. The molecule has 96 valence electrons. The van der Waals surface area contributed by atoms with Gasteiger partial charge in [-0.15, -0.1) is 0 Å². The predicted octanol–water partition coefficient (Wildman–Crippen LogP) is 3.85. The van der Waals surface area contributed by atoms with Crippen molar-refractivity contribution in [2.75, 3.05) is 5.32 Å². The van der Waals surface area contributed by atoms with Gasteiger partial charge < -0.3 is 5.32 Å². The number of aromatic nitrogens is 2. The number of hydrogen-bond acceptors (Lipinski definition) is 2. The lowest BCUT2D eigenvalue weighted by Gasteiger charge is -2.18. The SMILES string of the molecule is CC(C)(C)n1cc(CNc2cccc(I)c2)cn1. The Morgan fingerprint density at radius 1 is 1.33 bits per heavy atom. The Hall–Kier alpha value is -1.04. The van der Waals surface area contributed by atoms with Crippen molar-refractivity contribution in [1.29, 1.82) is 0 Å². The van der Waals surface area contributed by atoms with Gasteiger partial charge in [-0.05, 0) is 61.6 Å². The Morgan fingerprint density at radius 2 is 2.11 bits per heavy atom. The number of hydrogen-bond donors (Lipinski definition) is 1. The number of anilines is 1. The van der Waals surface area contributed by atoms with Gasteiger partial charge in [-0.2, -0.15) is 5.10 Å². The molecule has 0 bridgehead atoms. The van der Waals surface area contributed by atoms with Gasteiger partial charge in [0.1, 0.15) is 0 Å². The van der Waals surface area contributed by atoms with Gasteiger partial charge in [-0.3, -0.25) is 4.68 Å². The smallest absolute Gasteiger partial charge is 0.0543 e. The lowest BCUT2D eigenvalue weighted by molar-refractivity contribution is 0.355. The predicted molar refractivity (Wildman–Crippen MR) is 83.7 cm³/mol. The van der Waals surface area contributed by atoms with Gasteiger partial charge in [-0.25, -0.2) is 0 Å². The van der Waals surface area contributed by atoms with Crippen LogP contribution >= 0.6 is 22.6 Å². The maximum Gasteiger partial charge on any atom is 0.0543 e. The van der Waals surface area contributed by atoms with Gasteiger partial charge in [0.05, 0.1) is 11.7 Å². The monoisotopic (exact) mass is 355 g/mol. The molecule has 1 aromatic heterocycles. The summed E-state index contributed by atoms with van der Waals surface area (Å²) in [5.41, 5.74) is 2.38. The highest BCUT2D eigenvalue weighted by molar-refractivity contribution is 14.1. The van der Waals surface area contributed by atoms with Crippen molar-refractivity contribution >= 4 is 28.3 Å². The summed E-state index contributed by atoms with van der Waals surface area (Å²) in [6, 6.07) is 8.36. The van der Waals surface area contributed by atoms with Crippen molar-refractivity contribution in [2.45, 2.75) is 32.9 Å². The van der Waals surface area contributed by atoms with Gasteiger partial charge in [0.15, 0.2) is 0 Å². The van der Waals surface area contributed by atoms with Crippen molar-refractivity contribution in [3.05, 3.63) is 45.8 Å². The molecule has 0 spiro atoms. The minimum Gasteiger partial charge on any atom is -0.381 e. The molecule has 3 nitrogen and oxygen atoms in total. The molecule has 0 aliphatic rings. The van der Waals surface area contributed by atoms with Crippen molar-refractivity contribution in [2.24, 2.45) is 0 Å². The Kier molecular flexibility index (Phi) is 3.94. The maximum absolute atomic E-state index is 4.39. The van der Waals surface area contributed by atoms with E-state index in [4.69, 9.17) is 0 Å². The Balaban J connectivity index is 2.01. The second-order valence-electron chi connectivity index (χ2n) is 5.33. The molecule has 1 aromatic carbocycles. The summed E-state index contributed by atoms with van der Waals surface area (Å²) in [5.74, 6) is 0. The summed E-state index contributed by atoms with van der Waals surface area (Å²) < 4.78 is 3.24. The molecular formula is C14H18IN3. The van der Waals surface area contributed by atoms with E-state index >= 15 is 0 Å². The van der Waals surface area contributed by atoms with Crippen molar-refractivity contribution in [1.82, 2.24) is 9.78 Å². The molecule has 0 saturated heterocycles. The summed E-state index contributed by atoms with van der Waals surface area (Å²) >= 11 is 2.32. The number of nitrogens with one attached hydrogen (secondary N) is 1. The first-order valence-electron chi connectivity index (χ1n) is 5.98. The van der Waals surface area contributed by atoms with Gasteiger partial charge in [0.2, 0.25) is 0 Å². The van der Waals surface area contributed by atoms with Crippen LogP contribution in [0.4, 0.5) is 5.69 Å². The third kappa shape index (κ3) is 3.48. The molecular weight excluding hydrogens is 337 g/mol. The average Bonchev–Trinajstić information content (AvgIpc) is 2.74. The van der Waals surface area contributed by atoms with E-state index in [1.165, 1.54) is 9.13 Å². The van der Waals surface area contributed by atoms with E-state index in [9.17, 15) is 0 Å². The van der Waals surface area contributed by atoms with Crippen LogP contribution in [0.1, 0.15) is 26.3 Å². The van der Waals surface area contributed by atoms with Crippen LogP contribution in [-0.4, -0.2) is 9.78 Å². The Morgan fingerprint density at radius 3 is 2.72 bits per heavy atom. The normalized spacial score (nSPS) is 11.6. The standard InChI is InChI=1S/C14H18IN3/c1-14(2,3)18-10-11(9-17-18)8-16-13-6-4-5-12(15)7-13/h4-7,9-10,16H,8H2,1-3H3. The summed E-state index contributed by atoms with van der Waals surface area (Å²) in [6.07, 6.45) is 4.02. The number of halogens is 1. The second-order valence-corrected chi connectivity index (χ2v) is 6.57. The van der Waals surface area contributed by atoms with Gasteiger partial charge in [-0.1, -0.05) is 6.07 Å². The largest absolute Gasteiger partial charge is 0.381 e. The summed E-state index contributed by atoms with van der Waals surface area (Å²) in [5, 5.41) is 7.80. The van der Waals surface area contributed by atoms with Gasteiger partial charge in [0.25, 0.3) is 0 Å². The molecule has 0 unspecified atom stereocenters. The van der Waals surface area contributed by atoms with Crippen molar-refractivity contribution < 1.29 is 0 Å². The molecule has 0 atom stereocenters. The van der Waals surface area contributed by atoms with Crippen LogP contribution in [0.3, 0.4) is 0 Å². The van der Waals surface area contributed by atoms with Crippen LogP contribution in [0, 0.1) is 3.57 Å². The third-order valence-electron chi connectivity index (χ3n) is 2.64. The molecule has 0 aliphatic heterocycles. The second kappa shape index (κ2) is 5.30.